The van der Waals surface area contributed by atoms with Gasteiger partial charge in [-0.2, -0.15) is 8.70 Å². The van der Waals surface area contributed by atoms with Gasteiger partial charge in [0.15, 0.2) is 0 Å². The molecule has 0 spiro atoms. The van der Waals surface area contributed by atoms with Crippen LogP contribution in [0.25, 0.3) is 0 Å². The molecule has 2 rings (SSSR count). The molecule has 1 aromatic carbocycles. The Bertz CT molecular complexity index is 673. The number of ketones is 1. The SMILES string of the molecule is O=C1CCCN(S(=O)(=O)c2ccc(F)c([N+](=O)[O-])c2)C1. The Morgan fingerprint density at radius 1 is 1.35 bits per heavy atom. The zero-order chi connectivity index (χ0) is 14.9. The van der Waals surface area contributed by atoms with Crippen LogP contribution in [0.4, 0.5) is 10.1 Å². The fourth-order valence-electron chi connectivity index (χ4n) is 1.95. The fraction of sp³-hybridized carbons (Fsp3) is 0.364. The lowest BCUT2D eigenvalue weighted by Gasteiger charge is -2.24. The predicted octanol–water partition coefficient (Wildman–Crippen LogP) is 1.09. The largest absolute Gasteiger partial charge is 0.306 e. The van der Waals surface area contributed by atoms with E-state index in [9.17, 15) is 27.7 Å². The summed E-state index contributed by atoms with van der Waals surface area (Å²) in [6.07, 6.45) is 0.719. The lowest BCUT2D eigenvalue weighted by molar-refractivity contribution is -0.387. The van der Waals surface area contributed by atoms with Crippen molar-refractivity contribution < 1.29 is 22.5 Å². The van der Waals surface area contributed by atoms with E-state index in [-0.39, 0.29) is 23.8 Å². The second-order valence-electron chi connectivity index (χ2n) is 4.35. The second kappa shape index (κ2) is 5.25. The van der Waals surface area contributed by atoms with E-state index in [1.54, 1.807) is 0 Å². The van der Waals surface area contributed by atoms with Crippen molar-refractivity contribution in [2.24, 2.45) is 0 Å². The van der Waals surface area contributed by atoms with Crippen molar-refractivity contribution in [2.45, 2.75) is 17.7 Å². The number of piperidine rings is 1. The molecule has 0 bridgehead atoms. The van der Waals surface area contributed by atoms with Crippen molar-refractivity contribution in [3.05, 3.63) is 34.1 Å². The molecule has 0 radical (unpaired) electrons. The number of halogens is 1. The molecular formula is C11H11FN2O5S. The Labute approximate surface area is 114 Å². The third kappa shape index (κ3) is 2.68. The van der Waals surface area contributed by atoms with Crippen LogP contribution in [0.15, 0.2) is 23.1 Å². The first kappa shape index (κ1) is 14.5. The summed E-state index contributed by atoms with van der Waals surface area (Å²) in [6, 6.07) is 2.36. The zero-order valence-corrected chi connectivity index (χ0v) is 11.1. The van der Waals surface area contributed by atoms with E-state index in [2.05, 4.69) is 0 Å². The average molecular weight is 302 g/mol. The molecule has 9 heteroatoms. The summed E-state index contributed by atoms with van der Waals surface area (Å²) in [5, 5.41) is 10.6. The molecule has 1 aliphatic rings. The molecule has 20 heavy (non-hydrogen) atoms. The van der Waals surface area contributed by atoms with E-state index in [4.69, 9.17) is 0 Å². The van der Waals surface area contributed by atoms with Gasteiger partial charge in [-0.1, -0.05) is 0 Å². The minimum atomic E-state index is -4.03. The molecule has 0 aromatic heterocycles. The van der Waals surface area contributed by atoms with Gasteiger partial charge in [0, 0.05) is 19.0 Å². The number of hydrogen-bond donors (Lipinski definition) is 0. The van der Waals surface area contributed by atoms with Gasteiger partial charge in [0.1, 0.15) is 5.78 Å². The van der Waals surface area contributed by atoms with Gasteiger partial charge in [-0.3, -0.25) is 14.9 Å². The Kier molecular flexibility index (Phi) is 3.82. The van der Waals surface area contributed by atoms with Gasteiger partial charge in [-0.05, 0) is 18.6 Å². The van der Waals surface area contributed by atoms with Crippen molar-refractivity contribution in [2.75, 3.05) is 13.1 Å². The summed E-state index contributed by atoms with van der Waals surface area (Å²) in [5.74, 6) is -1.32. The molecule has 1 aromatic rings. The van der Waals surface area contributed by atoms with E-state index in [1.807, 2.05) is 0 Å². The van der Waals surface area contributed by atoms with Crippen LogP contribution >= 0.6 is 0 Å². The molecule has 0 unspecified atom stereocenters. The number of hydrogen-bond acceptors (Lipinski definition) is 5. The summed E-state index contributed by atoms with van der Waals surface area (Å²) in [6.45, 7) is -0.0905. The van der Waals surface area contributed by atoms with Gasteiger partial charge in [0.2, 0.25) is 15.8 Å². The van der Waals surface area contributed by atoms with Gasteiger partial charge in [-0.25, -0.2) is 8.42 Å². The van der Waals surface area contributed by atoms with Crippen LogP contribution < -0.4 is 0 Å². The van der Waals surface area contributed by atoms with Crippen molar-refractivity contribution >= 4 is 21.5 Å². The number of sulfonamides is 1. The van der Waals surface area contributed by atoms with Crippen LogP contribution in [0.3, 0.4) is 0 Å². The first-order chi connectivity index (χ1) is 9.32. The molecule has 1 saturated heterocycles. The monoisotopic (exact) mass is 302 g/mol. The summed E-state index contributed by atoms with van der Waals surface area (Å²) < 4.78 is 38.7. The zero-order valence-electron chi connectivity index (χ0n) is 10.3. The van der Waals surface area contributed by atoms with E-state index >= 15 is 0 Å². The van der Waals surface area contributed by atoms with Crippen molar-refractivity contribution in [1.82, 2.24) is 4.31 Å². The molecule has 0 N–H and O–H groups in total. The molecule has 1 fully saturated rings. The summed E-state index contributed by atoms with van der Waals surface area (Å²) in [5.41, 5.74) is -0.908. The predicted molar refractivity (Wildman–Crippen MR) is 66.1 cm³/mol. The molecule has 0 saturated carbocycles. The van der Waals surface area contributed by atoms with E-state index < -0.39 is 26.5 Å². The molecule has 0 aliphatic carbocycles. The Hall–Kier alpha value is -1.87. The van der Waals surface area contributed by atoms with Crippen molar-refractivity contribution in [3.63, 3.8) is 0 Å². The fourth-order valence-corrected chi connectivity index (χ4v) is 3.44. The Balaban J connectivity index is 2.41. The van der Waals surface area contributed by atoms with Crippen LogP contribution in [0, 0.1) is 15.9 Å². The normalized spacial score (nSPS) is 17.1. The first-order valence-corrected chi connectivity index (χ1v) is 7.22. The van der Waals surface area contributed by atoms with Gasteiger partial charge in [0.05, 0.1) is 16.4 Å². The highest BCUT2D eigenvalue weighted by molar-refractivity contribution is 7.89. The van der Waals surface area contributed by atoms with Gasteiger partial charge < -0.3 is 0 Å². The average Bonchev–Trinajstić information content (AvgIpc) is 2.38. The van der Waals surface area contributed by atoms with Crippen LogP contribution in [-0.2, 0) is 14.8 Å². The Morgan fingerprint density at radius 3 is 2.65 bits per heavy atom. The second-order valence-corrected chi connectivity index (χ2v) is 6.29. The van der Waals surface area contributed by atoms with E-state index in [0.29, 0.717) is 18.9 Å². The molecule has 0 amide bonds. The van der Waals surface area contributed by atoms with E-state index in [1.165, 1.54) is 0 Å². The summed E-state index contributed by atoms with van der Waals surface area (Å²) in [4.78, 5) is 20.6. The highest BCUT2D eigenvalue weighted by atomic mass is 32.2. The quantitative estimate of drug-likeness (QED) is 0.615. The Morgan fingerprint density at radius 2 is 2.05 bits per heavy atom. The van der Waals surface area contributed by atoms with E-state index in [0.717, 1.165) is 16.4 Å². The van der Waals surface area contributed by atoms with Gasteiger partial charge >= 0.3 is 5.69 Å². The number of rotatable bonds is 3. The standard InChI is InChI=1S/C11H11FN2O5S/c12-10-4-3-9(6-11(10)14(16)17)20(18,19)13-5-1-2-8(15)7-13/h3-4,6H,1-2,5,7H2. The minimum Gasteiger partial charge on any atom is -0.298 e. The van der Waals surface area contributed by atoms with Gasteiger partial charge in [-0.15, -0.1) is 0 Å². The first-order valence-electron chi connectivity index (χ1n) is 5.78. The topological polar surface area (TPSA) is 97.6 Å². The minimum absolute atomic E-state index is 0.166. The highest BCUT2D eigenvalue weighted by Gasteiger charge is 2.31. The molecule has 7 nitrogen and oxygen atoms in total. The number of Topliss-reactive ketones (excluding diaryl/α,β-unsaturated/α-hetero) is 1. The molecule has 1 heterocycles. The summed E-state index contributed by atoms with van der Waals surface area (Å²) >= 11 is 0. The van der Waals surface area contributed by atoms with Crippen LogP contribution in [0.5, 0.6) is 0 Å². The molecule has 0 atom stereocenters. The maximum Gasteiger partial charge on any atom is 0.306 e. The number of carbonyl (C=O) groups excluding carboxylic acids is 1. The number of benzene rings is 1. The van der Waals surface area contributed by atoms with Crippen LogP contribution in [0.1, 0.15) is 12.8 Å². The third-order valence-electron chi connectivity index (χ3n) is 2.97. The molecule has 108 valence electrons. The van der Waals surface area contributed by atoms with Crippen molar-refractivity contribution in [1.29, 1.82) is 0 Å². The van der Waals surface area contributed by atoms with Crippen LogP contribution in [-0.4, -0.2) is 36.5 Å². The van der Waals surface area contributed by atoms with Gasteiger partial charge in [0.25, 0.3) is 0 Å². The number of nitro benzene ring substituents is 1. The maximum atomic E-state index is 13.2. The third-order valence-corrected chi connectivity index (χ3v) is 4.81. The molecule has 1 aliphatic heterocycles. The lowest BCUT2D eigenvalue weighted by Crippen LogP contribution is -2.40. The number of nitrogens with zero attached hydrogens (tertiary/aromatic N) is 2. The summed E-state index contributed by atoms with van der Waals surface area (Å²) in [7, 11) is -4.03. The number of carbonyl (C=O) groups is 1. The van der Waals surface area contributed by atoms with Crippen molar-refractivity contribution in [3.8, 4) is 0 Å². The highest BCUT2D eigenvalue weighted by Crippen LogP contribution is 2.25. The number of nitro groups is 1. The van der Waals surface area contributed by atoms with Crippen LogP contribution in [0.2, 0.25) is 0 Å². The lowest BCUT2D eigenvalue weighted by atomic mass is 10.1. The maximum absolute atomic E-state index is 13.2. The smallest absolute Gasteiger partial charge is 0.298 e. The molecular weight excluding hydrogens is 291 g/mol.